The Bertz CT molecular complexity index is 422. The van der Waals surface area contributed by atoms with E-state index in [1.807, 2.05) is 26.8 Å². The second kappa shape index (κ2) is 4.33. The molecule has 0 atom stereocenters. The van der Waals surface area contributed by atoms with Crippen LogP contribution in [0.3, 0.4) is 0 Å². The first-order valence-corrected chi connectivity index (χ1v) is 6.45. The highest BCUT2D eigenvalue weighted by atomic mass is 32.1. The summed E-state index contributed by atoms with van der Waals surface area (Å²) in [5.41, 5.74) is 5.88. The van der Waals surface area contributed by atoms with Gasteiger partial charge in [-0.2, -0.15) is 0 Å². The molecule has 0 fully saturated rings. The second-order valence-corrected chi connectivity index (χ2v) is 7.20. The molecule has 0 unspecified atom stereocenters. The maximum Gasteiger partial charge on any atom is 0.350 e. The normalized spacial score (nSPS) is 12.6. The van der Waals surface area contributed by atoms with Crippen LogP contribution in [0.4, 0.5) is 5.69 Å². The summed E-state index contributed by atoms with van der Waals surface area (Å²) >= 11 is 1.42. The summed E-state index contributed by atoms with van der Waals surface area (Å²) < 4.78 is 5.32. The number of hydrogen-bond acceptors (Lipinski definition) is 4. The zero-order chi connectivity index (χ0) is 13.4. The summed E-state index contributed by atoms with van der Waals surface area (Å²) in [7, 11) is 0. The van der Waals surface area contributed by atoms with Crippen LogP contribution >= 0.6 is 11.3 Å². The minimum atomic E-state index is -0.491. The highest BCUT2D eigenvalue weighted by molar-refractivity contribution is 7.14. The molecule has 0 bridgehead atoms. The van der Waals surface area contributed by atoms with E-state index in [1.165, 1.54) is 11.3 Å². The van der Waals surface area contributed by atoms with Gasteiger partial charge in [0.1, 0.15) is 10.5 Å². The van der Waals surface area contributed by atoms with Crippen molar-refractivity contribution in [3.05, 3.63) is 15.8 Å². The van der Waals surface area contributed by atoms with Crippen LogP contribution < -0.4 is 5.73 Å². The number of hydrogen-bond donors (Lipinski definition) is 1. The van der Waals surface area contributed by atoms with E-state index in [2.05, 4.69) is 20.8 Å². The van der Waals surface area contributed by atoms with Gasteiger partial charge < -0.3 is 10.5 Å². The highest BCUT2D eigenvalue weighted by Crippen LogP contribution is 2.34. The first kappa shape index (κ1) is 14.0. The number of esters is 1. The quantitative estimate of drug-likeness (QED) is 0.780. The molecule has 0 aromatic carbocycles. The van der Waals surface area contributed by atoms with Crippen molar-refractivity contribution in [2.75, 3.05) is 5.73 Å². The fourth-order valence-corrected chi connectivity index (χ4v) is 2.27. The van der Waals surface area contributed by atoms with E-state index in [4.69, 9.17) is 10.5 Å². The summed E-state index contributed by atoms with van der Waals surface area (Å²) in [5, 5.41) is 0. The first-order chi connectivity index (χ1) is 7.50. The van der Waals surface area contributed by atoms with E-state index in [1.54, 1.807) is 0 Å². The summed E-state index contributed by atoms with van der Waals surface area (Å²) in [6.07, 6.45) is 0. The van der Waals surface area contributed by atoms with E-state index < -0.39 is 5.60 Å². The lowest BCUT2D eigenvalue weighted by molar-refractivity contribution is 0.00764. The number of rotatable bonds is 1. The number of carbonyl (C=O) groups excluding carboxylic acids is 1. The van der Waals surface area contributed by atoms with Gasteiger partial charge >= 0.3 is 5.97 Å². The standard InChI is InChI=1S/C13H21NO2S/c1-12(2,3)9-7-8(14)10(17-9)11(15)16-13(4,5)6/h7H,14H2,1-6H3. The van der Waals surface area contributed by atoms with E-state index in [0.29, 0.717) is 10.6 Å². The first-order valence-electron chi connectivity index (χ1n) is 5.64. The van der Waals surface area contributed by atoms with Gasteiger partial charge in [0, 0.05) is 4.88 Å². The van der Waals surface area contributed by atoms with Crippen molar-refractivity contribution in [2.45, 2.75) is 52.6 Å². The minimum Gasteiger partial charge on any atom is -0.456 e. The third-order valence-electron chi connectivity index (χ3n) is 2.08. The maximum atomic E-state index is 11.9. The average Bonchev–Trinajstić information content (AvgIpc) is 2.42. The molecule has 17 heavy (non-hydrogen) atoms. The molecule has 3 nitrogen and oxygen atoms in total. The molecule has 0 aliphatic rings. The lowest BCUT2D eigenvalue weighted by Crippen LogP contribution is -2.23. The summed E-state index contributed by atoms with van der Waals surface area (Å²) in [6.45, 7) is 11.8. The molecule has 0 spiro atoms. The van der Waals surface area contributed by atoms with E-state index in [-0.39, 0.29) is 11.4 Å². The molecule has 1 heterocycles. The van der Waals surface area contributed by atoms with Gasteiger partial charge in [0.15, 0.2) is 0 Å². The Hall–Kier alpha value is -1.03. The summed E-state index contributed by atoms with van der Waals surface area (Å²) in [6, 6.07) is 1.86. The monoisotopic (exact) mass is 255 g/mol. The summed E-state index contributed by atoms with van der Waals surface area (Å²) in [4.78, 5) is 13.5. The van der Waals surface area contributed by atoms with Gasteiger partial charge in [0.05, 0.1) is 5.69 Å². The molecule has 96 valence electrons. The van der Waals surface area contributed by atoms with Crippen LogP contribution in [0.2, 0.25) is 0 Å². The second-order valence-electron chi connectivity index (χ2n) is 6.15. The largest absolute Gasteiger partial charge is 0.456 e. The van der Waals surface area contributed by atoms with E-state index in [0.717, 1.165) is 4.88 Å². The topological polar surface area (TPSA) is 52.3 Å². The molecule has 1 aromatic heterocycles. The van der Waals surface area contributed by atoms with Gasteiger partial charge in [-0.1, -0.05) is 20.8 Å². The molecule has 1 aromatic rings. The van der Waals surface area contributed by atoms with Crippen LogP contribution in [-0.2, 0) is 10.2 Å². The van der Waals surface area contributed by atoms with Crippen LogP contribution in [0.25, 0.3) is 0 Å². The number of nitrogen functional groups attached to an aromatic ring is 1. The number of nitrogens with two attached hydrogens (primary N) is 1. The number of ether oxygens (including phenoxy) is 1. The Kier molecular flexibility index (Phi) is 3.58. The lowest BCUT2D eigenvalue weighted by atomic mass is 9.95. The maximum absolute atomic E-state index is 11.9. The van der Waals surface area contributed by atoms with Gasteiger partial charge in [0.25, 0.3) is 0 Å². The number of carbonyl (C=O) groups is 1. The Labute approximate surface area is 107 Å². The zero-order valence-corrected chi connectivity index (χ0v) is 12.2. The fourth-order valence-electron chi connectivity index (χ4n) is 1.26. The van der Waals surface area contributed by atoms with E-state index >= 15 is 0 Å². The third-order valence-corrected chi connectivity index (χ3v) is 3.64. The van der Waals surface area contributed by atoms with Crippen molar-refractivity contribution in [1.29, 1.82) is 0 Å². The van der Waals surface area contributed by atoms with Crippen molar-refractivity contribution in [3.63, 3.8) is 0 Å². The van der Waals surface area contributed by atoms with Crippen LogP contribution in [0.15, 0.2) is 6.07 Å². The number of anilines is 1. The molecule has 4 heteroatoms. The zero-order valence-electron chi connectivity index (χ0n) is 11.4. The van der Waals surface area contributed by atoms with Gasteiger partial charge in [-0.15, -0.1) is 11.3 Å². The van der Waals surface area contributed by atoms with Crippen molar-refractivity contribution in [1.82, 2.24) is 0 Å². The molecule has 0 radical (unpaired) electrons. The predicted molar refractivity (Wildman–Crippen MR) is 72.6 cm³/mol. The van der Waals surface area contributed by atoms with Crippen LogP contribution in [-0.4, -0.2) is 11.6 Å². The average molecular weight is 255 g/mol. The molecule has 0 saturated heterocycles. The Morgan fingerprint density at radius 3 is 2.12 bits per heavy atom. The van der Waals surface area contributed by atoms with Crippen LogP contribution in [0.5, 0.6) is 0 Å². The molecule has 2 N–H and O–H groups in total. The Morgan fingerprint density at radius 2 is 1.76 bits per heavy atom. The van der Waals surface area contributed by atoms with Crippen LogP contribution in [0.1, 0.15) is 56.1 Å². The molecule has 0 aliphatic carbocycles. The Balaban J connectivity index is 3.00. The Morgan fingerprint density at radius 1 is 1.24 bits per heavy atom. The highest BCUT2D eigenvalue weighted by Gasteiger charge is 2.25. The van der Waals surface area contributed by atoms with Gasteiger partial charge in [0.2, 0.25) is 0 Å². The molecular formula is C13H21NO2S. The van der Waals surface area contributed by atoms with Gasteiger partial charge in [-0.3, -0.25) is 0 Å². The van der Waals surface area contributed by atoms with Gasteiger partial charge in [-0.25, -0.2) is 4.79 Å². The fraction of sp³-hybridized carbons (Fsp3) is 0.615. The minimum absolute atomic E-state index is 0.000943. The smallest absolute Gasteiger partial charge is 0.350 e. The van der Waals surface area contributed by atoms with Crippen molar-refractivity contribution < 1.29 is 9.53 Å². The van der Waals surface area contributed by atoms with Crippen molar-refractivity contribution in [3.8, 4) is 0 Å². The third kappa shape index (κ3) is 3.73. The number of thiophene rings is 1. The van der Waals surface area contributed by atoms with Crippen molar-refractivity contribution >= 4 is 23.0 Å². The molecule has 0 amide bonds. The molecular weight excluding hydrogens is 234 g/mol. The SMILES string of the molecule is CC(C)(C)OC(=O)c1sc(C(C)(C)C)cc1N. The lowest BCUT2D eigenvalue weighted by Gasteiger charge is -2.19. The molecule has 0 aliphatic heterocycles. The predicted octanol–water partition coefficient (Wildman–Crippen LogP) is 3.58. The van der Waals surface area contributed by atoms with Crippen LogP contribution in [0, 0.1) is 0 Å². The molecule has 1 rings (SSSR count). The van der Waals surface area contributed by atoms with Crippen molar-refractivity contribution in [2.24, 2.45) is 0 Å². The summed E-state index contributed by atoms with van der Waals surface area (Å²) in [5.74, 6) is -0.338. The van der Waals surface area contributed by atoms with Gasteiger partial charge in [-0.05, 0) is 32.3 Å². The molecule has 0 saturated carbocycles. The van der Waals surface area contributed by atoms with E-state index in [9.17, 15) is 4.79 Å².